The highest BCUT2D eigenvalue weighted by atomic mass is 19.4. The molecule has 15 heavy (non-hydrogen) atoms. The molecule has 0 saturated heterocycles. The quantitative estimate of drug-likeness (QED) is 0.641. The Balaban J connectivity index is -0.000000249. The molecule has 0 aliphatic rings. The van der Waals surface area contributed by atoms with Crippen LogP contribution in [0.2, 0.25) is 0 Å². The van der Waals surface area contributed by atoms with Crippen molar-refractivity contribution in [3.63, 3.8) is 0 Å². The van der Waals surface area contributed by atoms with Crippen molar-refractivity contribution in [2.45, 2.75) is 45.2 Å². The van der Waals surface area contributed by atoms with Crippen molar-refractivity contribution in [1.82, 2.24) is 0 Å². The first-order valence-electron chi connectivity index (χ1n) is 4.23. The standard InChI is InChI=1S/C4H4F6.C4H10.FH/c5-2-1-3(6,7)4(8,9)10;1-3-4-2;/h1-2H2;3-4H2,1-2H3;1H. The second kappa shape index (κ2) is 8.79. The minimum atomic E-state index is -5.63. The molecular weight excluding hydrogens is 229 g/mol. The van der Waals surface area contributed by atoms with Crippen LogP contribution in [0.25, 0.3) is 0 Å². The summed E-state index contributed by atoms with van der Waals surface area (Å²) in [5.41, 5.74) is 0. The van der Waals surface area contributed by atoms with Crippen molar-refractivity contribution in [3.8, 4) is 0 Å². The number of unbranched alkanes of at least 4 members (excludes halogenated alkanes) is 1. The van der Waals surface area contributed by atoms with E-state index in [0.29, 0.717) is 0 Å². The predicted molar refractivity (Wildman–Crippen MR) is 44.7 cm³/mol. The van der Waals surface area contributed by atoms with Gasteiger partial charge in [-0.25, -0.2) is 0 Å². The van der Waals surface area contributed by atoms with E-state index in [-0.39, 0.29) is 4.70 Å². The van der Waals surface area contributed by atoms with Crippen LogP contribution in [-0.4, -0.2) is 18.8 Å². The number of hydrogen-bond donors (Lipinski definition) is 0. The molecule has 0 heterocycles. The lowest BCUT2D eigenvalue weighted by atomic mass is 10.2. The van der Waals surface area contributed by atoms with Gasteiger partial charge in [-0.15, -0.1) is 0 Å². The maximum absolute atomic E-state index is 11.6. The topological polar surface area (TPSA) is 0 Å². The van der Waals surface area contributed by atoms with Crippen LogP contribution in [0.1, 0.15) is 33.1 Å². The van der Waals surface area contributed by atoms with Crippen LogP contribution < -0.4 is 0 Å². The summed E-state index contributed by atoms with van der Waals surface area (Å²) in [6.45, 7) is 2.69. The third kappa shape index (κ3) is 9.81. The van der Waals surface area contributed by atoms with E-state index >= 15 is 0 Å². The third-order valence-corrected chi connectivity index (χ3v) is 1.32. The lowest BCUT2D eigenvalue weighted by Crippen LogP contribution is -2.36. The fourth-order valence-electron chi connectivity index (χ4n) is 0.260. The Kier molecular flexibility index (Phi) is 11.7. The SMILES string of the molecule is CCCC.F.FCCC(F)(F)C(F)(F)F. The van der Waals surface area contributed by atoms with Gasteiger partial charge in [0.2, 0.25) is 0 Å². The van der Waals surface area contributed by atoms with Crippen LogP contribution >= 0.6 is 0 Å². The molecule has 0 fully saturated rings. The molecular formula is C8H15F7. The number of halogens is 7. The molecule has 0 radical (unpaired) electrons. The molecule has 0 saturated carbocycles. The zero-order chi connectivity index (χ0) is 11.8. The number of alkyl halides is 6. The highest BCUT2D eigenvalue weighted by Crippen LogP contribution is 2.37. The van der Waals surface area contributed by atoms with Gasteiger partial charge in [-0.3, -0.25) is 9.09 Å². The summed E-state index contributed by atoms with van der Waals surface area (Å²) in [7, 11) is 0. The third-order valence-electron chi connectivity index (χ3n) is 1.32. The van der Waals surface area contributed by atoms with E-state index in [1.165, 1.54) is 12.8 Å². The molecule has 7 heteroatoms. The molecule has 0 aromatic carbocycles. The van der Waals surface area contributed by atoms with Gasteiger partial charge in [0.25, 0.3) is 0 Å². The van der Waals surface area contributed by atoms with Crippen molar-refractivity contribution >= 4 is 0 Å². The second-order valence-corrected chi connectivity index (χ2v) is 2.64. The van der Waals surface area contributed by atoms with Gasteiger partial charge in [-0.2, -0.15) is 22.0 Å². The van der Waals surface area contributed by atoms with Crippen LogP contribution in [0, 0.1) is 0 Å². The molecule has 0 atom stereocenters. The molecule has 0 rings (SSSR count). The Morgan fingerprint density at radius 1 is 0.867 bits per heavy atom. The van der Waals surface area contributed by atoms with Crippen LogP contribution in [0.5, 0.6) is 0 Å². The van der Waals surface area contributed by atoms with Gasteiger partial charge in [-0.1, -0.05) is 26.7 Å². The van der Waals surface area contributed by atoms with Gasteiger partial charge in [0, 0.05) is 6.42 Å². The zero-order valence-corrected chi connectivity index (χ0v) is 8.50. The minimum Gasteiger partial charge on any atom is -0.269 e. The summed E-state index contributed by atoms with van der Waals surface area (Å²) in [5, 5.41) is 0. The van der Waals surface area contributed by atoms with E-state index in [0.717, 1.165) is 0 Å². The average molecular weight is 244 g/mol. The van der Waals surface area contributed by atoms with Gasteiger partial charge in [0.1, 0.15) is 0 Å². The lowest BCUT2D eigenvalue weighted by Gasteiger charge is -2.17. The van der Waals surface area contributed by atoms with Crippen molar-refractivity contribution in [2.75, 3.05) is 6.67 Å². The van der Waals surface area contributed by atoms with Gasteiger partial charge >= 0.3 is 12.1 Å². The number of hydrogen-bond acceptors (Lipinski definition) is 0. The van der Waals surface area contributed by atoms with Gasteiger partial charge in [0.15, 0.2) is 0 Å². The maximum atomic E-state index is 11.6. The van der Waals surface area contributed by atoms with Crippen LogP contribution in [-0.2, 0) is 0 Å². The highest BCUT2D eigenvalue weighted by Gasteiger charge is 2.56. The normalized spacial score (nSPS) is 11.2. The van der Waals surface area contributed by atoms with E-state index in [2.05, 4.69) is 13.8 Å². The summed E-state index contributed by atoms with van der Waals surface area (Å²) < 4.78 is 67.5. The van der Waals surface area contributed by atoms with Crippen LogP contribution in [0.4, 0.5) is 31.0 Å². The molecule has 96 valence electrons. The fourth-order valence-corrected chi connectivity index (χ4v) is 0.260. The molecule has 0 amide bonds. The summed E-state index contributed by atoms with van der Waals surface area (Å²) in [5.74, 6) is -4.89. The van der Waals surface area contributed by atoms with Crippen molar-refractivity contribution in [1.29, 1.82) is 0 Å². The fraction of sp³-hybridized carbons (Fsp3) is 1.00. The molecule has 0 aromatic rings. The first kappa shape index (κ1) is 20.0. The Hall–Kier alpha value is -0.490. The number of rotatable bonds is 3. The monoisotopic (exact) mass is 244 g/mol. The van der Waals surface area contributed by atoms with Crippen molar-refractivity contribution < 1.29 is 31.0 Å². The summed E-state index contributed by atoms with van der Waals surface area (Å²) in [4.78, 5) is 0. The molecule has 0 aliphatic heterocycles. The molecule has 0 nitrogen and oxygen atoms in total. The molecule has 0 bridgehead atoms. The molecule has 0 aromatic heterocycles. The Morgan fingerprint density at radius 2 is 1.20 bits per heavy atom. The maximum Gasteiger partial charge on any atom is 0.453 e. The van der Waals surface area contributed by atoms with Crippen molar-refractivity contribution in [2.24, 2.45) is 0 Å². The second-order valence-electron chi connectivity index (χ2n) is 2.64. The lowest BCUT2D eigenvalue weighted by molar-refractivity contribution is -0.284. The van der Waals surface area contributed by atoms with Gasteiger partial charge < -0.3 is 0 Å². The molecule has 0 N–H and O–H groups in total. The Bertz CT molecular complexity index is 127. The summed E-state index contributed by atoms with van der Waals surface area (Å²) in [6, 6.07) is 0. The van der Waals surface area contributed by atoms with E-state index < -0.39 is 25.2 Å². The van der Waals surface area contributed by atoms with Crippen molar-refractivity contribution in [3.05, 3.63) is 0 Å². The van der Waals surface area contributed by atoms with E-state index in [4.69, 9.17) is 0 Å². The largest absolute Gasteiger partial charge is 0.453 e. The summed E-state index contributed by atoms with van der Waals surface area (Å²) in [6.07, 6.45) is -4.78. The highest BCUT2D eigenvalue weighted by molar-refractivity contribution is 4.74. The molecule has 0 unspecified atom stereocenters. The Labute approximate surface area is 84.0 Å². The molecule has 0 aliphatic carbocycles. The van der Waals surface area contributed by atoms with E-state index in [1.54, 1.807) is 0 Å². The van der Waals surface area contributed by atoms with Crippen LogP contribution in [0.15, 0.2) is 0 Å². The minimum absolute atomic E-state index is 0. The van der Waals surface area contributed by atoms with Gasteiger partial charge in [-0.05, 0) is 0 Å². The van der Waals surface area contributed by atoms with E-state index in [1.807, 2.05) is 0 Å². The zero-order valence-electron chi connectivity index (χ0n) is 8.50. The molecule has 0 spiro atoms. The van der Waals surface area contributed by atoms with Gasteiger partial charge in [0.05, 0.1) is 6.67 Å². The smallest absolute Gasteiger partial charge is 0.269 e. The van der Waals surface area contributed by atoms with E-state index in [9.17, 15) is 26.3 Å². The average Bonchev–Trinajstić information content (AvgIpc) is 2.03. The summed E-state index contributed by atoms with van der Waals surface area (Å²) >= 11 is 0. The predicted octanol–water partition coefficient (Wildman–Crippen LogP) is 4.50. The Morgan fingerprint density at radius 3 is 1.27 bits per heavy atom. The first-order valence-corrected chi connectivity index (χ1v) is 4.23. The first-order chi connectivity index (χ1) is 6.22. The van der Waals surface area contributed by atoms with Crippen LogP contribution in [0.3, 0.4) is 0 Å².